The summed E-state index contributed by atoms with van der Waals surface area (Å²) >= 11 is 0. The molecule has 1 aromatic rings. The summed E-state index contributed by atoms with van der Waals surface area (Å²) in [5, 5.41) is 3.53. The standard InChI is InChI=1S/C15H23NO2/c1-4-16-13-9-10-18-15(2,11-13)12-5-7-14(17-3)8-6-12/h5-8,13,16H,4,9-11H2,1-3H3. The summed E-state index contributed by atoms with van der Waals surface area (Å²) in [6, 6.07) is 8.76. The molecule has 0 aromatic heterocycles. The molecule has 1 N–H and O–H groups in total. The van der Waals surface area contributed by atoms with Gasteiger partial charge in [-0.25, -0.2) is 0 Å². The highest BCUT2D eigenvalue weighted by Crippen LogP contribution is 2.35. The summed E-state index contributed by atoms with van der Waals surface area (Å²) < 4.78 is 11.2. The molecule has 18 heavy (non-hydrogen) atoms. The first kappa shape index (κ1) is 13.4. The molecule has 1 aromatic carbocycles. The Balaban J connectivity index is 2.13. The minimum absolute atomic E-state index is 0.183. The molecule has 1 saturated heterocycles. The van der Waals surface area contributed by atoms with Crippen molar-refractivity contribution in [3.8, 4) is 5.75 Å². The second-order valence-corrected chi connectivity index (χ2v) is 5.06. The Morgan fingerprint density at radius 2 is 2.11 bits per heavy atom. The van der Waals surface area contributed by atoms with Crippen LogP contribution in [0.25, 0.3) is 0 Å². The molecule has 3 nitrogen and oxygen atoms in total. The second kappa shape index (κ2) is 5.72. The highest BCUT2D eigenvalue weighted by molar-refractivity contribution is 5.31. The summed E-state index contributed by atoms with van der Waals surface area (Å²) in [6.45, 7) is 6.17. The molecular weight excluding hydrogens is 226 g/mol. The third-order valence-electron chi connectivity index (χ3n) is 3.72. The first-order valence-corrected chi connectivity index (χ1v) is 6.70. The van der Waals surface area contributed by atoms with Crippen molar-refractivity contribution in [2.24, 2.45) is 0 Å². The average molecular weight is 249 g/mol. The lowest BCUT2D eigenvalue weighted by Gasteiger charge is -2.39. The zero-order chi connectivity index (χ0) is 13.0. The van der Waals surface area contributed by atoms with Crippen LogP contribution in [0.5, 0.6) is 5.75 Å². The molecule has 0 bridgehead atoms. The van der Waals surface area contributed by atoms with Crippen molar-refractivity contribution in [2.45, 2.75) is 38.3 Å². The van der Waals surface area contributed by atoms with Crippen molar-refractivity contribution >= 4 is 0 Å². The van der Waals surface area contributed by atoms with E-state index in [0.717, 1.165) is 31.7 Å². The predicted molar refractivity (Wildman–Crippen MR) is 73.0 cm³/mol. The van der Waals surface area contributed by atoms with E-state index in [0.29, 0.717) is 6.04 Å². The molecule has 100 valence electrons. The maximum atomic E-state index is 6.02. The fourth-order valence-corrected chi connectivity index (χ4v) is 2.67. The van der Waals surface area contributed by atoms with Gasteiger partial charge in [0.05, 0.1) is 12.7 Å². The average Bonchev–Trinajstić information content (AvgIpc) is 2.39. The van der Waals surface area contributed by atoms with Crippen molar-refractivity contribution in [3.05, 3.63) is 29.8 Å². The zero-order valence-electron chi connectivity index (χ0n) is 11.5. The van der Waals surface area contributed by atoms with Crippen molar-refractivity contribution in [1.82, 2.24) is 5.32 Å². The van der Waals surface area contributed by atoms with Crippen LogP contribution in [0, 0.1) is 0 Å². The van der Waals surface area contributed by atoms with E-state index in [1.54, 1.807) is 7.11 Å². The van der Waals surface area contributed by atoms with Crippen LogP contribution in [0.3, 0.4) is 0 Å². The van der Waals surface area contributed by atoms with Gasteiger partial charge in [0, 0.05) is 12.6 Å². The molecule has 1 aliphatic rings. The van der Waals surface area contributed by atoms with Crippen LogP contribution >= 0.6 is 0 Å². The molecule has 1 fully saturated rings. The number of nitrogens with one attached hydrogen (secondary N) is 1. The van der Waals surface area contributed by atoms with Crippen LogP contribution in [0.15, 0.2) is 24.3 Å². The minimum atomic E-state index is -0.183. The van der Waals surface area contributed by atoms with Gasteiger partial charge in [-0.15, -0.1) is 0 Å². The van der Waals surface area contributed by atoms with Gasteiger partial charge in [-0.2, -0.15) is 0 Å². The summed E-state index contributed by atoms with van der Waals surface area (Å²) in [6.07, 6.45) is 2.12. The Bertz CT molecular complexity index is 375. The Morgan fingerprint density at radius 3 is 2.72 bits per heavy atom. The number of hydrogen-bond acceptors (Lipinski definition) is 3. The molecule has 2 rings (SSSR count). The molecule has 0 radical (unpaired) electrons. The SMILES string of the molecule is CCNC1CCOC(C)(c2ccc(OC)cc2)C1. The fraction of sp³-hybridized carbons (Fsp3) is 0.600. The number of ether oxygens (including phenoxy) is 2. The first-order valence-electron chi connectivity index (χ1n) is 6.70. The highest BCUT2D eigenvalue weighted by Gasteiger charge is 2.34. The topological polar surface area (TPSA) is 30.5 Å². The molecule has 2 atom stereocenters. The van der Waals surface area contributed by atoms with Gasteiger partial charge in [-0.1, -0.05) is 19.1 Å². The second-order valence-electron chi connectivity index (χ2n) is 5.06. The maximum absolute atomic E-state index is 6.02. The van der Waals surface area contributed by atoms with Gasteiger partial charge in [0.2, 0.25) is 0 Å². The van der Waals surface area contributed by atoms with Crippen molar-refractivity contribution in [1.29, 1.82) is 0 Å². The first-order chi connectivity index (χ1) is 8.68. The van der Waals surface area contributed by atoms with Crippen molar-refractivity contribution in [3.63, 3.8) is 0 Å². The van der Waals surface area contributed by atoms with Gasteiger partial charge in [0.25, 0.3) is 0 Å². The van der Waals surface area contributed by atoms with E-state index in [2.05, 4.69) is 31.3 Å². The molecule has 0 aliphatic carbocycles. The Kier molecular flexibility index (Phi) is 4.25. The summed E-state index contributed by atoms with van der Waals surface area (Å²) in [4.78, 5) is 0. The molecule has 1 heterocycles. The largest absolute Gasteiger partial charge is 0.497 e. The van der Waals surface area contributed by atoms with Crippen LogP contribution in [0.2, 0.25) is 0 Å². The zero-order valence-corrected chi connectivity index (χ0v) is 11.5. The van der Waals surface area contributed by atoms with Gasteiger partial charge >= 0.3 is 0 Å². The monoisotopic (exact) mass is 249 g/mol. The summed E-state index contributed by atoms with van der Waals surface area (Å²) in [5.41, 5.74) is 1.04. The van der Waals surface area contributed by atoms with E-state index in [1.807, 2.05) is 12.1 Å². The van der Waals surface area contributed by atoms with Gasteiger partial charge in [-0.05, 0) is 44.0 Å². The van der Waals surface area contributed by atoms with Gasteiger partial charge < -0.3 is 14.8 Å². The Morgan fingerprint density at radius 1 is 1.39 bits per heavy atom. The maximum Gasteiger partial charge on any atom is 0.118 e. The molecule has 1 aliphatic heterocycles. The molecule has 2 unspecified atom stereocenters. The lowest BCUT2D eigenvalue weighted by Crippen LogP contribution is -2.43. The van der Waals surface area contributed by atoms with Gasteiger partial charge in [-0.3, -0.25) is 0 Å². The van der Waals surface area contributed by atoms with Crippen LogP contribution < -0.4 is 10.1 Å². The minimum Gasteiger partial charge on any atom is -0.497 e. The molecule has 3 heteroatoms. The van der Waals surface area contributed by atoms with E-state index in [4.69, 9.17) is 9.47 Å². The van der Waals surface area contributed by atoms with Crippen LogP contribution in [0.4, 0.5) is 0 Å². The number of benzene rings is 1. The molecule has 0 spiro atoms. The lowest BCUT2D eigenvalue weighted by molar-refractivity contribution is -0.0810. The predicted octanol–water partition coefficient (Wildman–Crippen LogP) is 2.70. The van der Waals surface area contributed by atoms with E-state index in [1.165, 1.54) is 5.56 Å². The number of hydrogen-bond donors (Lipinski definition) is 1. The third kappa shape index (κ3) is 2.85. The van der Waals surface area contributed by atoms with Crippen molar-refractivity contribution < 1.29 is 9.47 Å². The summed E-state index contributed by atoms with van der Waals surface area (Å²) in [7, 11) is 1.69. The molecule has 0 amide bonds. The third-order valence-corrected chi connectivity index (χ3v) is 3.72. The Labute approximate surface area is 109 Å². The number of methoxy groups -OCH3 is 1. The highest BCUT2D eigenvalue weighted by atomic mass is 16.5. The van der Waals surface area contributed by atoms with Crippen LogP contribution in [-0.2, 0) is 10.3 Å². The smallest absolute Gasteiger partial charge is 0.118 e. The lowest BCUT2D eigenvalue weighted by atomic mass is 9.85. The summed E-state index contributed by atoms with van der Waals surface area (Å²) in [5.74, 6) is 0.890. The van der Waals surface area contributed by atoms with Gasteiger partial charge in [0.1, 0.15) is 5.75 Å². The van der Waals surface area contributed by atoms with Gasteiger partial charge in [0.15, 0.2) is 0 Å². The molecular formula is C15H23NO2. The van der Waals surface area contributed by atoms with E-state index < -0.39 is 0 Å². The van der Waals surface area contributed by atoms with E-state index >= 15 is 0 Å². The van der Waals surface area contributed by atoms with E-state index in [-0.39, 0.29) is 5.60 Å². The Hall–Kier alpha value is -1.06. The fourth-order valence-electron chi connectivity index (χ4n) is 2.67. The molecule has 0 saturated carbocycles. The number of rotatable bonds is 4. The quantitative estimate of drug-likeness (QED) is 0.890. The normalized spacial score (nSPS) is 28.1. The van der Waals surface area contributed by atoms with Crippen molar-refractivity contribution in [2.75, 3.05) is 20.3 Å². The van der Waals surface area contributed by atoms with E-state index in [9.17, 15) is 0 Å². The van der Waals surface area contributed by atoms with Crippen LogP contribution in [0.1, 0.15) is 32.3 Å². The van der Waals surface area contributed by atoms with Crippen LogP contribution in [-0.4, -0.2) is 26.3 Å².